The molecule has 2 unspecified atom stereocenters. The van der Waals surface area contributed by atoms with Gasteiger partial charge in [-0.2, -0.15) is 0 Å². The van der Waals surface area contributed by atoms with Crippen LogP contribution in [0.2, 0.25) is 0 Å². The fraction of sp³-hybridized carbons (Fsp3) is 0.377. The molecule has 64 heavy (non-hydrogen) atoms. The number of piperidine rings is 1. The Kier molecular flexibility index (Phi) is 12.0. The third-order valence-electron chi connectivity index (χ3n) is 14.2. The van der Waals surface area contributed by atoms with Crippen molar-refractivity contribution in [1.82, 2.24) is 15.1 Å². The second-order valence-electron chi connectivity index (χ2n) is 18.1. The maximum Gasteiger partial charge on any atom is 0.244 e. The van der Waals surface area contributed by atoms with Gasteiger partial charge in [-0.15, -0.1) is 0 Å². The molecule has 2 N–H and O–H groups in total. The zero-order valence-electron chi connectivity index (χ0n) is 36.4. The lowest BCUT2D eigenvalue weighted by Gasteiger charge is -2.39. The topological polar surface area (TPSA) is 121 Å². The average molecular weight is 861 g/mol. The molecule has 0 radical (unpaired) electrons. The van der Waals surface area contributed by atoms with Crippen molar-refractivity contribution in [3.05, 3.63) is 154 Å². The van der Waals surface area contributed by atoms with Crippen molar-refractivity contribution in [2.24, 2.45) is 5.92 Å². The van der Waals surface area contributed by atoms with Crippen LogP contribution >= 0.6 is 0 Å². The monoisotopic (exact) mass is 860 g/mol. The van der Waals surface area contributed by atoms with Gasteiger partial charge in [0.05, 0.1) is 19.7 Å². The maximum atomic E-state index is 13.5. The number of nitrogens with zero attached hydrogens (tertiary/aromatic N) is 3. The lowest BCUT2D eigenvalue weighted by atomic mass is 9.69. The predicted molar refractivity (Wildman–Crippen MR) is 243 cm³/mol. The van der Waals surface area contributed by atoms with Gasteiger partial charge in [0.2, 0.25) is 11.8 Å². The number of hydrogen-bond acceptors (Lipinski definition) is 10. The number of amides is 2. The van der Waals surface area contributed by atoms with Crippen LogP contribution in [-0.2, 0) is 34.0 Å². The fourth-order valence-corrected chi connectivity index (χ4v) is 10.7. The summed E-state index contributed by atoms with van der Waals surface area (Å²) >= 11 is 0. The number of ketones is 1. The summed E-state index contributed by atoms with van der Waals surface area (Å²) < 4.78 is 18.4. The molecule has 3 aliphatic heterocycles. The number of imide groups is 1. The van der Waals surface area contributed by atoms with Crippen molar-refractivity contribution in [3.63, 3.8) is 0 Å². The minimum atomic E-state index is -0.997. The van der Waals surface area contributed by atoms with Crippen LogP contribution in [0.3, 0.4) is 0 Å². The van der Waals surface area contributed by atoms with E-state index in [1.165, 1.54) is 22.3 Å². The van der Waals surface area contributed by atoms with E-state index in [0.717, 1.165) is 80.2 Å². The van der Waals surface area contributed by atoms with Crippen LogP contribution in [-0.4, -0.2) is 84.5 Å². The minimum absolute atomic E-state index is 0.00829. The average Bonchev–Trinajstić information content (AvgIpc) is 3.64. The first-order chi connectivity index (χ1) is 31.3. The second-order valence-corrected chi connectivity index (χ2v) is 18.1. The molecule has 5 aromatic rings. The van der Waals surface area contributed by atoms with E-state index in [4.69, 9.17) is 14.2 Å². The highest BCUT2D eigenvalue weighted by Gasteiger charge is 2.42. The van der Waals surface area contributed by atoms with E-state index in [-0.39, 0.29) is 42.0 Å². The standard InChI is InChI=1S/C53H56N4O7/c1-62-48-30-40(26-39-31-57(53(61)51(39)48)46-20-21-49(59)54-52(46)60)56-24-22-55(23-25-56)32-47(58)38-28-43(29-38)64-41-15-12-36(13-16-41)50-44(35-10-6-3-7-11-35)18-14-37-27-42(17-19-45(37)50)63-33-34-8-4-2-5-9-34/h2-13,15-17,19,26-27,30,38,43-44,46,50,53,61H,14,18,20-25,28-29,31-33H2,1H3,(H,54,59,60)/t38?,43?,44-,46?,50+,53?/m1/s1. The summed E-state index contributed by atoms with van der Waals surface area (Å²) in [7, 11) is 1.59. The van der Waals surface area contributed by atoms with Gasteiger partial charge in [-0.1, -0.05) is 78.9 Å². The summed E-state index contributed by atoms with van der Waals surface area (Å²) in [5.74, 6) is 2.53. The second kappa shape index (κ2) is 18.2. The van der Waals surface area contributed by atoms with Gasteiger partial charge in [-0.05, 0) is 102 Å². The number of aliphatic hydroxyl groups excluding tert-OH is 1. The highest BCUT2D eigenvalue weighted by Crippen LogP contribution is 2.48. The Hall–Kier alpha value is -6.01. The summed E-state index contributed by atoms with van der Waals surface area (Å²) in [6.07, 6.45) is 3.17. The smallest absolute Gasteiger partial charge is 0.244 e. The van der Waals surface area contributed by atoms with Crippen LogP contribution in [0.4, 0.5) is 5.69 Å². The Morgan fingerprint density at radius 1 is 0.781 bits per heavy atom. The van der Waals surface area contributed by atoms with E-state index in [2.05, 4.69) is 106 Å². The highest BCUT2D eigenvalue weighted by molar-refractivity contribution is 6.00. The van der Waals surface area contributed by atoms with Crippen molar-refractivity contribution in [2.45, 2.75) is 81.9 Å². The lowest BCUT2D eigenvalue weighted by Crippen LogP contribution is -2.51. The molecule has 0 spiro atoms. The van der Waals surface area contributed by atoms with E-state index in [9.17, 15) is 19.5 Å². The molecule has 1 saturated carbocycles. The number of nitrogens with one attached hydrogen (secondary N) is 1. The Morgan fingerprint density at radius 3 is 2.25 bits per heavy atom. The summed E-state index contributed by atoms with van der Waals surface area (Å²) in [5, 5.41) is 13.7. The zero-order valence-corrected chi connectivity index (χ0v) is 36.4. The number of benzene rings is 5. The molecular formula is C53H56N4O7. The van der Waals surface area contributed by atoms with Crippen LogP contribution in [0.25, 0.3) is 0 Å². The van der Waals surface area contributed by atoms with Crippen LogP contribution in [0, 0.1) is 5.92 Å². The van der Waals surface area contributed by atoms with Crippen molar-refractivity contribution in [2.75, 3.05) is 44.7 Å². The van der Waals surface area contributed by atoms with Gasteiger partial charge in [0, 0.05) is 68.3 Å². The number of fused-ring (bicyclic) bond motifs is 2. The van der Waals surface area contributed by atoms with Crippen LogP contribution in [0.5, 0.6) is 17.2 Å². The molecular weight excluding hydrogens is 805 g/mol. The molecule has 11 heteroatoms. The third-order valence-corrected chi connectivity index (χ3v) is 14.2. The number of aryl methyl sites for hydroxylation is 1. The normalized spacial score (nSPS) is 24.6. The van der Waals surface area contributed by atoms with Crippen LogP contribution < -0.4 is 24.4 Å². The first-order valence-electron chi connectivity index (χ1n) is 22.9. The Balaban J connectivity index is 0.723. The number of rotatable bonds is 13. The minimum Gasteiger partial charge on any atom is -0.496 e. The molecule has 5 aliphatic rings. The number of carbonyl (C=O) groups is 3. The van der Waals surface area contributed by atoms with Gasteiger partial charge in [0.1, 0.15) is 42.0 Å². The number of methoxy groups -OCH3 is 1. The number of hydrogen-bond donors (Lipinski definition) is 2. The Morgan fingerprint density at radius 2 is 1.52 bits per heavy atom. The van der Waals surface area contributed by atoms with Crippen LogP contribution in [0.1, 0.15) is 89.1 Å². The summed E-state index contributed by atoms with van der Waals surface area (Å²) in [6, 6.07) is 39.9. The molecule has 2 saturated heterocycles. The van der Waals surface area contributed by atoms with E-state index in [1.807, 2.05) is 24.3 Å². The number of Topliss-reactive ketones (excluding diaryl/α,β-unsaturated/α-hetero) is 1. The summed E-state index contributed by atoms with van der Waals surface area (Å²) in [6.45, 7) is 4.39. The first kappa shape index (κ1) is 42.0. The highest BCUT2D eigenvalue weighted by atomic mass is 16.5. The third kappa shape index (κ3) is 8.64. The van der Waals surface area contributed by atoms with E-state index >= 15 is 0 Å². The Labute approximate surface area is 374 Å². The van der Waals surface area contributed by atoms with Crippen molar-refractivity contribution < 1.29 is 33.7 Å². The van der Waals surface area contributed by atoms with Crippen molar-refractivity contribution in [3.8, 4) is 17.2 Å². The summed E-state index contributed by atoms with van der Waals surface area (Å²) in [5.41, 5.74) is 9.05. The molecule has 5 aromatic carbocycles. The SMILES string of the molecule is COc1cc(N2CCN(CC(=O)C3CC(Oc4ccc([C@@H]5c6ccc(OCc7ccccc7)cc6CC[C@@H]5c5ccccc5)cc4)C3)CC2)cc2c1C(O)N(C1CCC(=O)NC1=O)C2. The summed E-state index contributed by atoms with van der Waals surface area (Å²) in [4.78, 5) is 44.1. The van der Waals surface area contributed by atoms with E-state index in [1.54, 1.807) is 12.0 Å². The number of ether oxygens (including phenoxy) is 3. The van der Waals surface area contributed by atoms with Gasteiger partial charge >= 0.3 is 0 Å². The maximum absolute atomic E-state index is 13.5. The van der Waals surface area contributed by atoms with Gasteiger partial charge < -0.3 is 24.2 Å². The molecule has 3 heterocycles. The molecule has 0 aromatic heterocycles. The molecule has 330 valence electrons. The molecule has 4 atom stereocenters. The molecule has 2 amide bonds. The quantitative estimate of drug-likeness (QED) is 0.117. The predicted octanol–water partition coefficient (Wildman–Crippen LogP) is 7.30. The Bertz CT molecular complexity index is 2480. The fourth-order valence-electron chi connectivity index (χ4n) is 10.7. The zero-order chi connectivity index (χ0) is 43.7. The van der Waals surface area contributed by atoms with Gasteiger partial charge in [-0.3, -0.25) is 29.5 Å². The van der Waals surface area contributed by atoms with E-state index in [0.29, 0.717) is 43.3 Å². The largest absolute Gasteiger partial charge is 0.496 e. The molecule has 0 bridgehead atoms. The van der Waals surface area contributed by atoms with Crippen LogP contribution in [0.15, 0.2) is 115 Å². The molecule has 10 rings (SSSR count). The van der Waals surface area contributed by atoms with Crippen molar-refractivity contribution in [1.29, 1.82) is 0 Å². The number of carbonyl (C=O) groups excluding carboxylic acids is 3. The lowest BCUT2D eigenvalue weighted by molar-refractivity contribution is -0.141. The van der Waals surface area contributed by atoms with E-state index < -0.39 is 12.3 Å². The van der Waals surface area contributed by atoms with Gasteiger partial charge in [0.25, 0.3) is 0 Å². The molecule has 2 aliphatic carbocycles. The number of piperazine rings is 1. The molecule has 3 fully saturated rings. The van der Waals surface area contributed by atoms with Crippen molar-refractivity contribution >= 4 is 23.3 Å². The molecule has 11 nitrogen and oxygen atoms in total. The number of aliphatic hydroxyl groups is 1. The van der Waals surface area contributed by atoms with Gasteiger partial charge in [-0.25, -0.2) is 0 Å². The van der Waals surface area contributed by atoms with Gasteiger partial charge in [0.15, 0.2) is 0 Å². The number of anilines is 1. The first-order valence-corrected chi connectivity index (χ1v) is 22.9.